The number of aryl methyl sites for hydroxylation is 1. The van der Waals surface area contributed by atoms with Gasteiger partial charge in [0.15, 0.2) is 0 Å². The number of aromatic nitrogens is 1. The fraction of sp³-hybridized carbons (Fsp3) is 0.500. The van der Waals surface area contributed by atoms with Crippen molar-refractivity contribution >= 4 is 29.0 Å². The fourth-order valence-electron chi connectivity index (χ4n) is 4.04. The second-order valence-electron chi connectivity index (χ2n) is 8.35. The number of aromatic amines is 1. The maximum absolute atomic E-state index is 13.1. The number of rotatable bonds is 6. The molecular weight excluding hydrogens is 354 g/mol. The Morgan fingerprint density at radius 2 is 2.11 bits per heavy atom. The third kappa shape index (κ3) is 4.11. The highest BCUT2D eigenvalue weighted by Crippen LogP contribution is 2.24. The van der Waals surface area contributed by atoms with Crippen molar-refractivity contribution in [3.8, 4) is 0 Å². The van der Waals surface area contributed by atoms with Crippen LogP contribution >= 0.6 is 0 Å². The Hall–Kier alpha value is -2.63. The Morgan fingerprint density at radius 1 is 1.36 bits per heavy atom. The molecule has 2 N–H and O–H groups in total. The van der Waals surface area contributed by atoms with E-state index in [1.54, 1.807) is 4.90 Å². The molecule has 2 aromatic rings. The molecule has 0 radical (unpaired) electrons. The summed E-state index contributed by atoms with van der Waals surface area (Å²) in [5.74, 6) is -0.260. The van der Waals surface area contributed by atoms with Crippen LogP contribution in [0.1, 0.15) is 49.7 Å². The number of nitrogens with one attached hydrogen (secondary N) is 2. The number of amides is 2. The molecule has 2 amide bonds. The molecule has 2 heterocycles. The lowest BCUT2D eigenvalue weighted by Gasteiger charge is -2.28. The number of nitrogens with zero attached hydrogens (tertiary/aromatic N) is 1. The highest BCUT2D eigenvalue weighted by Gasteiger charge is 2.36. The van der Waals surface area contributed by atoms with Crippen molar-refractivity contribution in [1.82, 2.24) is 15.2 Å². The molecule has 0 spiro atoms. The topological polar surface area (TPSA) is 82.3 Å². The third-order valence-electron chi connectivity index (χ3n) is 5.52. The van der Waals surface area contributed by atoms with E-state index in [2.05, 4.69) is 10.3 Å². The number of carbonyl (C=O) groups is 3. The van der Waals surface area contributed by atoms with E-state index in [1.807, 2.05) is 52.0 Å². The summed E-state index contributed by atoms with van der Waals surface area (Å²) in [5.41, 5.74) is 2.44. The SMILES string of the molecule is Cc1cccc2[nH]c(C(=O)NC(CC(C)C)C(=O)N3CC(C=O)CC3C)cc12. The largest absolute Gasteiger partial charge is 0.351 e. The van der Waals surface area contributed by atoms with E-state index in [0.717, 1.165) is 22.8 Å². The van der Waals surface area contributed by atoms with Gasteiger partial charge in [0, 0.05) is 29.4 Å². The molecule has 1 aliphatic rings. The van der Waals surface area contributed by atoms with Gasteiger partial charge in [-0.05, 0) is 50.3 Å². The number of fused-ring (bicyclic) bond motifs is 1. The molecule has 0 bridgehead atoms. The van der Waals surface area contributed by atoms with Gasteiger partial charge < -0.3 is 20.0 Å². The molecule has 28 heavy (non-hydrogen) atoms. The molecule has 1 fully saturated rings. The average molecular weight is 383 g/mol. The molecule has 0 aliphatic carbocycles. The first-order valence-corrected chi connectivity index (χ1v) is 9.95. The van der Waals surface area contributed by atoms with Gasteiger partial charge in [-0.25, -0.2) is 0 Å². The van der Waals surface area contributed by atoms with E-state index in [4.69, 9.17) is 0 Å². The zero-order valence-electron chi connectivity index (χ0n) is 17.0. The van der Waals surface area contributed by atoms with E-state index in [0.29, 0.717) is 25.1 Å². The van der Waals surface area contributed by atoms with Gasteiger partial charge in [-0.2, -0.15) is 0 Å². The smallest absolute Gasteiger partial charge is 0.268 e. The van der Waals surface area contributed by atoms with Gasteiger partial charge in [0.05, 0.1) is 0 Å². The Morgan fingerprint density at radius 3 is 2.71 bits per heavy atom. The predicted molar refractivity (Wildman–Crippen MR) is 109 cm³/mol. The summed E-state index contributed by atoms with van der Waals surface area (Å²) in [7, 11) is 0. The van der Waals surface area contributed by atoms with E-state index in [9.17, 15) is 14.4 Å². The number of hydrogen-bond acceptors (Lipinski definition) is 3. The maximum Gasteiger partial charge on any atom is 0.268 e. The second-order valence-corrected chi connectivity index (χ2v) is 8.35. The summed E-state index contributed by atoms with van der Waals surface area (Å²) in [6.07, 6.45) is 2.16. The molecule has 1 aromatic heterocycles. The van der Waals surface area contributed by atoms with Gasteiger partial charge in [0.1, 0.15) is 18.0 Å². The zero-order chi connectivity index (χ0) is 20.4. The number of likely N-dealkylation sites (tertiary alicyclic amines) is 1. The van der Waals surface area contributed by atoms with Crippen LogP contribution < -0.4 is 5.32 Å². The summed E-state index contributed by atoms with van der Waals surface area (Å²) in [6.45, 7) is 8.44. The van der Waals surface area contributed by atoms with Gasteiger partial charge >= 0.3 is 0 Å². The van der Waals surface area contributed by atoms with Crippen LogP contribution in [-0.4, -0.2) is 46.6 Å². The third-order valence-corrected chi connectivity index (χ3v) is 5.52. The Bertz CT molecular complexity index is 886. The normalized spacial score (nSPS) is 20.5. The highest BCUT2D eigenvalue weighted by molar-refractivity contribution is 6.00. The summed E-state index contributed by atoms with van der Waals surface area (Å²) in [5, 5.41) is 3.93. The molecule has 6 nitrogen and oxygen atoms in total. The van der Waals surface area contributed by atoms with Gasteiger partial charge in [-0.3, -0.25) is 9.59 Å². The molecule has 150 valence electrons. The van der Waals surface area contributed by atoms with Crippen molar-refractivity contribution in [3.05, 3.63) is 35.5 Å². The molecule has 6 heteroatoms. The molecule has 3 rings (SSSR count). The zero-order valence-corrected chi connectivity index (χ0v) is 17.0. The second kappa shape index (κ2) is 8.17. The van der Waals surface area contributed by atoms with Crippen molar-refractivity contribution in [2.24, 2.45) is 11.8 Å². The van der Waals surface area contributed by atoms with Crippen molar-refractivity contribution in [2.45, 2.75) is 52.6 Å². The van der Waals surface area contributed by atoms with Crippen LogP contribution in [0, 0.1) is 18.8 Å². The number of H-pyrrole nitrogens is 1. The van der Waals surface area contributed by atoms with Crippen molar-refractivity contribution in [3.63, 3.8) is 0 Å². The van der Waals surface area contributed by atoms with E-state index in [1.165, 1.54) is 0 Å². The molecule has 1 aromatic carbocycles. The molecule has 1 saturated heterocycles. The van der Waals surface area contributed by atoms with Gasteiger partial charge in [-0.15, -0.1) is 0 Å². The van der Waals surface area contributed by atoms with Crippen LogP contribution in [0.2, 0.25) is 0 Å². The van der Waals surface area contributed by atoms with Crippen LogP contribution in [0.25, 0.3) is 10.9 Å². The van der Waals surface area contributed by atoms with E-state index < -0.39 is 6.04 Å². The van der Waals surface area contributed by atoms with Gasteiger partial charge in [-0.1, -0.05) is 26.0 Å². The minimum absolute atomic E-state index is 0.00462. The summed E-state index contributed by atoms with van der Waals surface area (Å²) in [4.78, 5) is 42.0. The van der Waals surface area contributed by atoms with Gasteiger partial charge in [0.25, 0.3) is 5.91 Å². The fourth-order valence-corrected chi connectivity index (χ4v) is 4.04. The highest BCUT2D eigenvalue weighted by atomic mass is 16.2. The monoisotopic (exact) mass is 383 g/mol. The Kier molecular flexibility index (Phi) is 5.87. The summed E-state index contributed by atoms with van der Waals surface area (Å²) >= 11 is 0. The Balaban J connectivity index is 1.79. The summed E-state index contributed by atoms with van der Waals surface area (Å²) < 4.78 is 0. The Labute approximate surface area is 165 Å². The van der Waals surface area contributed by atoms with Crippen molar-refractivity contribution in [1.29, 1.82) is 0 Å². The number of aldehydes is 1. The van der Waals surface area contributed by atoms with E-state index in [-0.39, 0.29) is 29.7 Å². The standard InChI is InChI=1S/C22H29N3O3/c1-13(2)8-20(22(28)25-11-16(12-26)9-15(25)4)24-21(27)19-10-17-14(3)6-5-7-18(17)23-19/h5-7,10,12-13,15-16,20,23H,8-9,11H2,1-4H3,(H,24,27). The minimum atomic E-state index is -0.604. The molecule has 3 atom stereocenters. The van der Waals surface area contributed by atoms with Crippen LogP contribution in [0.5, 0.6) is 0 Å². The minimum Gasteiger partial charge on any atom is -0.351 e. The molecule has 3 unspecified atom stereocenters. The number of carbonyl (C=O) groups excluding carboxylic acids is 3. The maximum atomic E-state index is 13.1. The van der Waals surface area contributed by atoms with Gasteiger partial charge in [0.2, 0.25) is 5.91 Å². The summed E-state index contributed by atoms with van der Waals surface area (Å²) in [6, 6.07) is 7.11. The molecular formula is C22H29N3O3. The van der Waals surface area contributed by atoms with Crippen LogP contribution in [0.4, 0.5) is 0 Å². The lowest BCUT2D eigenvalue weighted by molar-refractivity contribution is -0.134. The lowest BCUT2D eigenvalue weighted by Crippen LogP contribution is -2.50. The van der Waals surface area contributed by atoms with Crippen LogP contribution in [-0.2, 0) is 9.59 Å². The van der Waals surface area contributed by atoms with Crippen molar-refractivity contribution in [2.75, 3.05) is 6.54 Å². The molecule has 0 saturated carbocycles. The average Bonchev–Trinajstić information content (AvgIpc) is 3.24. The number of benzene rings is 1. The number of hydrogen-bond donors (Lipinski definition) is 2. The first-order valence-electron chi connectivity index (χ1n) is 9.95. The van der Waals surface area contributed by atoms with Crippen LogP contribution in [0.3, 0.4) is 0 Å². The molecule has 1 aliphatic heterocycles. The van der Waals surface area contributed by atoms with Crippen molar-refractivity contribution < 1.29 is 14.4 Å². The predicted octanol–water partition coefficient (Wildman–Crippen LogP) is 3.06. The van der Waals surface area contributed by atoms with E-state index >= 15 is 0 Å². The quantitative estimate of drug-likeness (QED) is 0.752. The lowest BCUT2D eigenvalue weighted by atomic mass is 10.0. The first-order chi connectivity index (χ1) is 13.3. The first kappa shape index (κ1) is 20.1. The van der Waals surface area contributed by atoms with Crippen LogP contribution in [0.15, 0.2) is 24.3 Å².